The number of fused-ring (bicyclic) bond motifs is 3. The molecule has 0 fully saturated rings. The van der Waals surface area contributed by atoms with Crippen LogP contribution in [0.15, 0.2) is 39.9 Å². The van der Waals surface area contributed by atoms with E-state index in [1.165, 1.54) is 18.2 Å². The van der Waals surface area contributed by atoms with E-state index in [9.17, 15) is 41.3 Å². The molecule has 0 aliphatic carbocycles. The van der Waals surface area contributed by atoms with Gasteiger partial charge in [-0.3, -0.25) is 29.2 Å². The van der Waals surface area contributed by atoms with Gasteiger partial charge >= 0.3 is 17.3 Å². The number of nitro benzene ring substituents is 1. The summed E-state index contributed by atoms with van der Waals surface area (Å²) >= 11 is 0. The van der Waals surface area contributed by atoms with Gasteiger partial charge in [0.25, 0.3) is 15.8 Å². The third-order valence-electron chi connectivity index (χ3n) is 5.16. The molecule has 4 rings (SSSR count). The molecule has 1 aromatic heterocycles. The first-order valence-corrected chi connectivity index (χ1v) is 11.7. The van der Waals surface area contributed by atoms with E-state index in [0.29, 0.717) is 48.0 Å². The van der Waals surface area contributed by atoms with Crippen LogP contribution in [0.2, 0.25) is 0 Å². The van der Waals surface area contributed by atoms with Crippen molar-refractivity contribution in [3.05, 3.63) is 83.4 Å². The van der Waals surface area contributed by atoms with Gasteiger partial charge in [0.2, 0.25) is 0 Å². The number of benzene rings is 2. The number of hydrogen-bond donors (Lipinski definition) is 3. The van der Waals surface area contributed by atoms with Gasteiger partial charge in [-0.1, -0.05) is 12.1 Å². The Morgan fingerprint density at radius 3 is 2.23 bits per heavy atom. The van der Waals surface area contributed by atoms with Crippen LogP contribution in [0.1, 0.15) is 22.3 Å². The molecule has 188 valence electrons. The van der Waals surface area contributed by atoms with Crippen molar-refractivity contribution in [2.75, 3.05) is 12.8 Å². The number of hydrogen-bond acceptors (Lipinski definition) is 7. The highest BCUT2D eigenvalue weighted by Crippen LogP contribution is 2.34. The summed E-state index contributed by atoms with van der Waals surface area (Å²) in [6.45, 7) is 0.976. The third kappa shape index (κ3) is 6.52. The SMILES string of the molecule is CS(=O)(=O)O.O=c1[nH]c2cc([N+](=O)[O-])c3c(c2[nH]c1=O)CCN(Cc1ccc(C(F)(F)F)cc1)C3. The zero-order valence-electron chi connectivity index (χ0n) is 18.0. The molecule has 2 heterocycles. The molecule has 0 amide bonds. The summed E-state index contributed by atoms with van der Waals surface area (Å²) in [6.07, 6.45) is -3.33. The second-order valence-corrected chi connectivity index (χ2v) is 9.30. The van der Waals surface area contributed by atoms with E-state index in [1.807, 2.05) is 4.90 Å². The molecule has 0 spiro atoms. The van der Waals surface area contributed by atoms with Gasteiger partial charge in [-0.05, 0) is 29.7 Å². The molecule has 1 aliphatic rings. The van der Waals surface area contributed by atoms with Crippen LogP contribution in [0.25, 0.3) is 11.0 Å². The summed E-state index contributed by atoms with van der Waals surface area (Å²) < 4.78 is 64.0. The topological polar surface area (TPSA) is 166 Å². The van der Waals surface area contributed by atoms with Gasteiger partial charge in [0, 0.05) is 31.3 Å². The molecule has 35 heavy (non-hydrogen) atoms. The summed E-state index contributed by atoms with van der Waals surface area (Å²) in [6, 6.07) is 5.99. The predicted octanol–water partition coefficient (Wildman–Crippen LogP) is 2.21. The fraction of sp³-hybridized carbons (Fsp3) is 0.300. The Balaban J connectivity index is 0.000000623. The number of rotatable bonds is 3. The van der Waals surface area contributed by atoms with Crippen molar-refractivity contribution < 1.29 is 31.1 Å². The summed E-state index contributed by atoms with van der Waals surface area (Å²) in [5, 5.41) is 11.6. The number of nitrogens with zero attached hydrogens (tertiary/aromatic N) is 2. The number of nitrogens with one attached hydrogen (secondary N) is 2. The normalized spacial score (nSPS) is 14.2. The fourth-order valence-electron chi connectivity index (χ4n) is 3.73. The van der Waals surface area contributed by atoms with Crippen LogP contribution in [0.3, 0.4) is 0 Å². The molecule has 3 aromatic rings. The first-order chi connectivity index (χ1) is 16.1. The molecule has 0 radical (unpaired) electrons. The average molecular weight is 516 g/mol. The maximum absolute atomic E-state index is 12.7. The maximum Gasteiger partial charge on any atom is 0.416 e. The van der Waals surface area contributed by atoms with E-state index in [-0.39, 0.29) is 17.7 Å². The lowest BCUT2D eigenvalue weighted by atomic mass is 9.95. The van der Waals surface area contributed by atoms with Crippen molar-refractivity contribution in [2.45, 2.75) is 25.7 Å². The number of alkyl halides is 3. The highest BCUT2D eigenvalue weighted by Gasteiger charge is 2.31. The minimum Gasteiger partial charge on any atom is -0.316 e. The Labute approximate surface area is 195 Å². The van der Waals surface area contributed by atoms with E-state index in [2.05, 4.69) is 9.97 Å². The minimum absolute atomic E-state index is 0.182. The highest BCUT2D eigenvalue weighted by molar-refractivity contribution is 7.85. The maximum atomic E-state index is 12.7. The first-order valence-electron chi connectivity index (χ1n) is 9.90. The largest absolute Gasteiger partial charge is 0.416 e. The Morgan fingerprint density at radius 2 is 1.69 bits per heavy atom. The number of H-pyrrole nitrogens is 2. The van der Waals surface area contributed by atoms with Gasteiger partial charge in [-0.15, -0.1) is 0 Å². The molecule has 1 aliphatic heterocycles. The van der Waals surface area contributed by atoms with Crippen molar-refractivity contribution >= 4 is 26.8 Å². The standard InChI is InChI=1S/C19H15F3N4O4.CH4O3S/c20-19(21,22)11-3-1-10(2-4-11)8-25-6-5-12-13(9-25)15(26(29)30)7-14-16(12)24-18(28)17(27)23-14;1-5(2,3)4/h1-4,7H,5-6,8-9H2,(H,23,27)(H,24,28);1H3,(H,2,3,4). The monoisotopic (exact) mass is 516 g/mol. The second-order valence-electron chi connectivity index (χ2n) is 7.83. The predicted molar refractivity (Wildman–Crippen MR) is 119 cm³/mol. The first kappa shape index (κ1) is 26.1. The van der Waals surface area contributed by atoms with Crippen molar-refractivity contribution in [1.29, 1.82) is 0 Å². The molecule has 0 bridgehead atoms. The molecule has 0 saturated heterocycles. The smallest absolute Gasteiger partial charge is 0.316 e. The summed E-state index contributed by atoms with van der Waals surface area (Å²) in [5.41, 5.74) is -0.484. The van der Waals surface area contributed by atoms with Gasteiger partial charge in [-0.2, -0.15) is 21.6 Å². The van der Waals surface area contributed by atoms with Crippen LogP contribution in [0, 0.1) is 10.1 Å². The van der Waals surface area contributed by atoms with Crippen molar-refractivity contribution in [1.82, 2.24) is 14.9 Å². The Hall–Kier alpha value is -3.56. The van der Waals surface area contributed by atoms with Crippen LogP contribution < -0.4 is 11.1 Å². The van der Waals surface area contributed by atoms with Gasteiger partial charge in [0.15, 0.2) is 0 Å². The van der Waals surface area contributed by atoms with E-state index in [4.69, 9.17) is 4.55 Å². The number of halogens is 3. The van der Waals surface area contributed by atoms with Crippen LogP contribution in [-0.2, 0) is 35.8 Å². The van der Waals surface area contributed by atoms with Crippen molar-refractivity contribution in [3.8, 4) is 0 Å². The van der Waals surface area contributed by atoms with Crippen LogP contribution >= 0.6 is 0 Å². The summed E-state index contributed by atoms with van der Waals surface area (Å²) in [4.78, 5) is 41.1. The molecule has 0 saturated carbocycles. The third-order valence-corrected chi connectivity index (χ3v) is 5.16. The molecular weight excluding hydrogens is 497 g/mol. The van der Waals surface area contributed by atoms with Gasteiger partial charge < -0.3 is 9.97 Å². The Morgan fingerprint density at radius 1 is 1.11 bits per heavy atom. The van der Waals surface area contributed by atoms with Gasteiger partial charge in [-0.25, -0.2) is 0 Å². The molecular formula is C20H19F3N4O7S. The lowest BCUT2D eigenvalue weighted by Crippen LogP contribution is -2.33. The Bertz CT molecular complexity index is 1490. The number of nitro groups is 1. The quantitative estimate of drug-likeness (QED) is 0.206. The zero-order chi connectivity index (χ0) is 26.1. The van der Waals surface area contributed by atoms with E-state index < -0.39 is 37.9 Å². The van der Waals surface area contributed by atoms with E-state index in [0.717, 1.165) is 12.1 Å². The molecule has 15 heteroatoms. The van der Waals surface area contributed by atoms with E-state index in [1.54, 1.807) is 0 Å². The second kappa shape index (κ2) is 9.59. The molecule has 3 N–H and O–H groups in total. The van der Waals surface area contributed by atoms with Crippen molar-refractivity contribution in [3.63, 3.8) is 0 Å². The van der Waals surface area contributed by atoms with Gasteiger partial charge in [0.05, 0.1) is 27.8 Å². The molecule has 0 atom stereocenters. The molecule has 0 unspecified atom stereocenters. The summed E-state index contributed by atoms with van der Waals surface area (Å²) in [5.74, 6) is 0. The minimum atomic E-state index is -4.41. The Kier molecular flexibility index (Phi) is 7.14. The fourth-order valence-corrected chi connectivity index (χ4v) is 3.73. The van der Waals surface area contributed by atoms with Crippen LogP contribution in [0.5, 0.6) is 0 Å². The number of aromatic amines is 2. The number of aromatic nitrogens is 2. The van der Waals surface area contributed by atoms with Gasteiger partial charge in [0.1, 0.15) is 0 Å². The van der Waals surface area contributed by atoms with E-state index >= 15 is 0 Å². The molecule has 2 aromatic carbocycles. The molecule has 11 nitrogen and oxygen atoms in total. The van der Waals surface area contributed by atoms with Crippen LogP contribution in [0.4, 0.5) is 18.9 Å². The zero-order valence-corrected chi connectivity index (χ0v) is 18.9. The lowest BCUT2D eigenvalue weighted by Gasteiger charge is -2.29. The van der Waals surface area contributed by atoms with Crippen LogP contribution in [-0.4, -0.2) is 45.6 Å². The van der Waals surface area contributed by atoms with Crippen molar-refractivity contribution in [2.24, 2.45) is 0 Å². The summed E-state index contributed by atoms with van der Waals surface area (Å²) in [7, 11) is -3.67. The highest BCUT2D eigenvalue weighted by atomic mass is 32.2. The lowest BCUT2D eigenvalue weighted by molar-refractivity contribution is -0.385. The average Bonchev–Trinajstić information content (AvgIpc) is 2.72.